The van der Waals surface area contributed by atoms with Gasteiger partial charge < -0.3 is 10.4 Å². The molecular weight excluding hydrogens is 283 g/mol. The molecule has 1 unspecified atom stereocenters. The zero-order valence-corrected chi connectivity index (χ0v) is 12.6. The number of phenolic OH excluding ortho intramolecular Hbond substituents is 1. The van der Waals surface area contributed by atoms with Gasteiger partial charge in [-0.25, -0.2) is 0 Å². The standard InChI is InChI=1S/C14H20Cl2N2O/c1-2-18(12-4-3-5-17-8-12)9-10-6-11(15)7-13(16)14(10)19/h6-7,12,17,19H,2-5,8-9H2,1H3. The lowest BCUT2D eigenvalue weighted by Gasteiger charge is -2.34. The second kappa shape index (κ2) is 6.80. The van der Waals surface area contributed by atoms with Crippen LogP contribution in [0.4, 0.5) is 0 Å². The molecule has 1 aromatic rings. The maximum Gasteiger partial charge on any atom is 0.138 e. The lowest BCUT2D eigenvalue weighted by molar-refractivity contribution is 0.164. The number of halogens is 2. The average Bonchev–Trinajstić information content (AvgIpc) is 2.42. The number of hydrogen-bond donors (Lipinski definition) is 2. The number of nitrogens with zero attached hydrogens (tertiary/aromatic N) is 1. The summed E-state index contributed by atoms with van der Waals surface area (Å²) in [5.74, 6) is 0.147. The van der Waals surface area contributed by atoms with Crippen LogP contribution in [0.1, 0.15) is 25.3 Å². The molecule has 1 aliphatic heterocycles. The molecule has 1 aliphatic rings. The number of benzene rings is 1. The molecule has 3 nitrogen and oxygen atoms in total. The highest BCUT2D eigenvalue weighted by Crippen LogP contribution is 2.32. The lowest BCUT2D eigenvalue weighted by atomic mass is 10.0. The number of likely N-dealkylation sites (N-methyl/N-ethyl adjacent to an activating group) is 1. The third-order valence-electron chi connectivity index (χ3n) is 3.67. The number of hydrogen-bond acceptors (Lipinski definition) is 3. The summed E-state index contributed by atoms with van der Waals surface area (Å²) in [5.41, 5.74) is 0.796. The van der Waals surface area contributed by atoms with Gasteiger partial charge in [-0.3, -0.25) is 4.90 Å². The number of nitrogens with one attached hydrogen (secondary N) is 1. The third-order valence-corrected chi connectivity index (χ3v) is 4.18. The Hall–Kier alpha value is -0.480. The van der Waals surface area contributed by atoms with Gasteiger partial charge in [-0.05, 0) is 38.1 Å². The summed E-state index contributed by atoms with van der Waals surface area (Å²) in [7, 11) is 0. The third kappa shape index (κ3) is 3.76. The summed E-state index contributed by atoms with van der Waals surface area (Å²) in [6.07, 6.45) is 2.39. The van der Waals surface area contributed by atoms with Gasteiger partial charge in [-0.15, -0.1) is 0 Å². The summed E-state index contributed by atoms with van der Waals surface area (Å²) in [4.78, 5) is 2.36. The molecule has 106 valence electrons. The molecule has 0 saturated carbocycles. The Bertz CT molecular complexity index is 434. The van der Waals surface area contributed by atoms with E-state index in [1.54, 1.807) is 12.1 Å². The first-order valence-electron chi connectivity index (χ1n) is 6.73. The summed E-state index contributed by atoms with van der Waals surface area (Å²) in [5, 5.41) is 14.3. The lowest BCUT2D eigenvalue weighted by Crippen LogP contribution is -2.45. The monoisotopic (exact) mass is 302 g/mol. The largest absolute Gasteiger partial charge is 0.506 e. The van der Waals surface area contributed by atoms with E-state index in [-0.39, 0.29) is 5.75 Å². The fourth-order valence-electron chi connectivity index (χ4n) is 2.60. The van der Waals surface area contributed by atoms with Gasteiger partial charge in [0.15, 0.2) is 0 Å². The van der Waals surface area contributed by atoms with Crippen molar-refractivity contribution in [1.29, 1.82) is 0 Å². The molecular formula is C14H20Cl2N2O. The molecule has 19 heavy (non-hydrogen) atoms. The minimum Gasteiger partial charge on any atom is -0.506 e. The summed E-state index contributed by atoms with van der Waals surface area (Å²) < 4.78 is 0. The first kappa shape index (κ1) is 14.9. The Kier molecular flexibility index (Phi) is 5.34. The molecule has 0 amide bonds. The molecule has 0 spiro atoms. The van der Waals surface area contributed by atoms with Crippen LogP contribution in [0.15, 0.2) is 12.1 Å². The van der Waals surface area contributed by atoms with E-state index in [2.05, 4.69) is 17.1 Å². The van der Waals surface area contributed by atoms with Gasteiger partial charge in [0, 0.05) is 29.7 Å². The topological polar surface area (TPSA) is 35.5 Å². The van der Waals surface area contributed by atoms with E-state index in [0.717, 1.165) is 25.2 Å². The molecule has 1 aromatic carbocycles. The molecule has 1 heterocycles. The van der Waals surface area contributed by atoms with Crippen LogP contribution >= 0.6 is 23.2 Å². The van der Waals surface area contributed by atoms with Crippen LogP contribution in [0.3, 0.4) is 0 Å². The predicted molar refractivity (Wildman–Crippen MR) is 80.1 cm³/mol. The molecule has 0 bridgehead atoms. The van der Waals surface area contributed by atoms with Gasteiger partial charge in [0.05, 0.1) is 5.02 Å². The zero-order chi connectivity index (χ0) is 13.8. The van der Waals surface area contributed by atoms with Crippen molar-refractivity contribution in [3.8, 4) is 5.75 Å². The first-order valence-corrected chi connectivity index (χ1v) is 7.49. The highest BCUT2D eigenvalue weighted by molar-refractivity contribution is 6.35. The van der Waals surface area contributed by atoms with Crippen molar-refractivity contribution in [3.05, 3.63) is 27.7 Å². The van der Waals surface area contributed by atoms with E-state index in [1.165, 1.54) is 12.8 Å². The number of piperidine rings is 1. The van der Waals surface area contributed by atoms with Crippen LogP contribution in [0.2, 0.25) is 10.0 Å². The molecule has 1 saturated heterocycles. The van der Waals surface area contributed by atoms with E-state index in [0.29, 0.717) is 22.6 Å². The van der Waals surface area contributed by atoms with E-state index < -0.39 is 0 Å². The van der Waals surface area contributed by atoms with Crippen molar-refractivity contribution in [2.45, 2.75) is 32.4 Å². The molecule has 1 fully saturated rings. The van der Waals surface area contributed by atoms with Gasteiger partial charge in [-0.2, -0.15) is 0 Å². The van der Waals surface area contributed by atoms with Crippen LogP contribution in [-0.2, 0) is 6.54 Å². The molecule has 2 rings (SSSR count). The summed E-state index contributed by atoms with van der Waals surface area (Å²) in [6.45, 7) is 5.86. The second-order valence-corrected chi connectivity index (χ2v) is 5.80. The van der Waals surface area contributed by atoms with Gasteiger partial charge in [0.2, 0.25) is 0 Å². The van der Waals surface area contributed by atoms with Crippen molar-refractivity contribution in [2.75, 3.05) is 19.6 Å². The quantitative estimate of drug-likeness (QED) is 0.896. The Morgan fingerprint density at radius 1 is 1.42 bits per heavy atom. The van der Waals surface area contributed by atoms with Crippen LogP contribution in [0, 0.1) is 0 Å². The van der Waals surface area contributed by atoms with Crippen LogP contribution in [0.5, 0.6) is 5.75 Å². The van der Waals surface area contributed by atoms with Gasteiger partial charge in [0.1, 0.15) is 5.75 Å². The molecule has 1 atom stereocenters. The maximum absolute atomic E-state index is 10.0. The van der Waals surface area contributed by atoms with E-state index >= 15 is 0 Å². The van der Waals surface area contributed by atoms with E-state index in [9.17, 15) is 5.11 Å². The molecule has 0 aromatic heterocycles. The minimum absolute atomic E-state index is 0.147. The van der Waals surface area contributed by atoms with Crippen LogP contribution in [0.25, 0.3) is 0 Å². The predicted octanol–water partition coefficient (Wildman–Crippen LogP) is 3.27. The van der Waals surface area contributed by atoms with Crippen molar-refractivity contribution in [3.63, 3.8) is 0 Å². The Morgan fingerprint density at radius 2 is 2.21 bits per heavy atom. The van der Waals surface area contributed by atoms with Crippen molar-refractivity contribution >= 4 is 23.2 Å². The summed E-state index contributed by atoms with van der Waals surface area (Å²) in [6, 6.07) is 3.87. The van der Waals surface area contributed by atoms with Crippen LogP contribution in [-0.4, -0.2) is 35.7 Å². The normalized spacial score (nSPS) is 19.9. The fourth-order valence-corrected chi connectivity index (χ4v) is 3.14. The Morgan fingerprint density at radius 3 is 2.84 bits per heavy atom. The highest BCUT2D eigenvalue weighted by atomic mass is 35.5. The van der Waals surface area contributed by atoms with Crippen LogP contribution < -0.4 is 5.32 Å². The van der Waals surface area contributed by atoms with Crippen molar-refractivity contribution in [2.24, 2.45) is 0 Å². The van der Waals surface area contributed by atoms with Gasteiger partial charge in [-0.1, -0.05) is 30.1 Å². The van der Waals surface area contributed by atoms with Crippen molar-refractivity contribution in [1.82, 2.24) is 10.2 Å². The summed E-state index contributed by atoms with van der Waals surface area (Å²) >= 11 is 12.0. The molecule has 0 radical (unpaired) electrons. The smallest absolute Gasteiger partial charge is 0.138 e. The van der Waals surface area contributed by atoms with E-state index in [4.69, 9.17) is 23.2 Å². The highest BCUT2D eigenvalue weighted by Gasteiger charge is 2.21. The van der Waals surface area contributed by atoms with E-state index in [1.807, 2.05) is 0 Å². The zero-order valence-electron chi connectivity index (χ0n) is 11.1. The Labute approximate surface area is 124 Å². The first-order chi connectivity index (χ1) is 9.11. The SMILES string of the molecule is CCN(Cc1cc(Cl)cc(Cl)c1O)C1CCCNC1. The number of aromatic hydroxyl groups is 1. The fraction of sp³-hybridized carbons (Fsp3) is 0.571. The number of phenols is 1. The van der Waals surface area contributed by atoms with Gasteiger partial charge >= 0.3 is 0 Å². The Balaban J connectivity index is 2.13. The second-order valence-electron chi connectivity index (χ2n) is 4.96. The number of rotatable bonds is 4. The average molecular weight is 303 g/mol. The molecule has 0 aliphatic carbocycles. The van der Waals surface area contributed by atoms with Crippen molar-refractivity contribution < 1.29 is 5.11 Å². The molecule has 2 N–H and O–H groups in total. The maximum atomic E-state index is 10.0. The minimum atomic E-state index is 0.147. The molecule has 5 heteroatoms. The van der Waals surface area contributed by atoms with Gasteiger partial charge in [0.25, 0.3) is 0 Å².